The Labute approximate surface area is 114 Å². The number of cyclic esters (lactones) is 1. The van der Waals surface area contributed by atoms with E-state index in [2.05, 4.69) is 15.0 Å². The number of anilines is 1. The maximum Gasteiger partial charge on any atom is 0.416 e. The van der Waals surface area contributed by atoms with Crippen LogP contribution in [0.25, 0.3) is 0 Å². The van der Waals surface area contributed by atoms with Gasteiger partial charge in [-0.25, -0.2) is 14.8 Å². The third-order valence-corrected chi connectivity index (χ3v) is 3.00. The number of carbonyl (C=O) groups is 1. The maximum absolute atomic E-state index is 11.9. The summed E-state index contributed by atoms with van der Waals surface area (Å²) in [5.74, 6) is 0.421. The van der Waals surface area contributed by atoms with Crippen molar-refractivity contribution in [2.45, 2.75) is 6.04 Å². The standard InChI is InChI=1S/C12H9ClN4O2/c13-11-15-6-3-10(16-11)17-9(7-19-12(17)18)8-1-4-14-5-2-8/h1-6,9H,7H2. The van der Waals surface area contributed by atoms with E-state index in [1.54, 1.807) is 18.5 Å². The van der Waals surface area contributed by atoms with Crippen molar-refractivity contribution >= 4 is 23.5 Å². The molecule has 0 spiro atoms. The third kappa shape index (κ3) is 2.22. The van der Waals surface area contributed by atoms with Crippen LogP contribution in [0.4, 0.5) is 10.6 Å². The molecule has 1 saturated heterocycles. The van der Waals surface area contributed by atoms with Gasteiger partial charge in [0.2, 0.25) is 5.28 Å². The molecule has 1 aliphatic heterocycles. The number of hydrogen-bond donors (Lipinski definition) is 0. The van der Waals surface area contributed by atoms with Gasteiger partial charge >= 0.3 is 6.09 Å². The van der Waals surface area contributed by atoms with Gasteiger partial charge in [0, 0.05) is 18.6 Å². The van der Waals surface area contributed by atoms with Gasteiger partial charge in [0.25, 0.3) is 0 Å². The monoisotopic (exact) mass is 276 g/mol. The van der Waals surface area contributed by atoms with E-state index in [0.29, 0.717) is 5.82 Å². The average molecular weight is 277 g/mol. The molecule has 1 unspecified atom stereocenters. The number of nitrogens with zero attached hydrogens (tertiary/aromatic N) is 4. The number of rotatable bonds is 2. The number of hydrogen-bond acceptors (Lipinski definition) is 5. The van der Waals surface area contributed by atoms with E-state index in [4.69, 9.17) is 16.3 Å². The highest BCUT2D eigenvalue weighted by molar-refractivity contribution is 6.28. The molecule has 1 atom stereocenters. The number of pyridine rings is 1. The zero-order valence-electron chi connectivity index (χ0n) is 9.73. The molecule has 96 valence electrons. The number of amides is 1. The van der Waals surface area contributed by atoms with Crippen molar-refractivity contribution in [1.29, 1.82) is 0 Å². The lowest BCUT2D eigenvalue weighted by Gasteiger charge is -2.20. The quantitative estimate of drug-likeness (QED) is 0.787. The predicted octanol–water partition coefficient (Wildman–Crippen LogP) is 2.22. The van der Waals surface area contributed by atoms with Crippen molar-refractivity contribution in [3.05, 3.63) is 47.6 Å². The fourth-order valence-corrected chi connectivity index (χ4v) is 2.11. The number of halogens is 1. The van der Waals surface area contributed by atoms with Gasteiger partial charge in [-0.05, 0) is 35.4 Å². The molecule has 0 aromatic carbocycles. The molecule has 0 radical (unpaired) electrons. The van der Waals surface area contributed by atoms with Crippen molar-refractivity contribution < 1.29 is 9.53 Å². The smallest absolute Gasteiger partial charge is 0.416 e. The molecule has 0 N–H and O–H groups in total. The van der Waals surface area contributed by atoms with Gasteiger partial charge < -0.3 is 4.74 Å². The molecule has 0 saturated carbocycles. The van der Waals surface area contributed by atoms with Crippen molar-refractivity contribution in [3.8, 4) is 0 Å². The van der Waals surface area contributed by atoms with Crippen molar-refractivity contribution in [1.82, 2.24) is 15.0 Å². The molecular weight excluding hydrogens is 268 g/mol. The second-order valence-electron chi connectivity index (χ2n) is 3.93. The molecule has 0 aliphatic carbocycles. The summed E-state index contributed by atoms with van der Waals surface area (Å²) in [6.45, 7) is 0.268. The van der Waals surface area contributed by atoms with E-state index >= 15 is 0 Å². The lowest BCUT2D eigenvalue weighted by atomic mass is 10.1. The average Bonchev–Trinajstić information content (AvgIpc) is 2.82. The van der Waals surface area contributed by atoms with Crippen molar-refractivity contribution in [2.24, 2.45) is 0 Å². The fraction of sp³-hybridized carbons (Fsp3) is 0.167. The number of ether oxygens (including phenoxy) is 1. The maximum atomic E-state index is 11.9. The molecule has 1 amide bonds. The molecule has 1 aliphatic rings. The highest BCUT2D eigenvalue weighted by Gasteiger charge is 2.36. The minimum atomic E-state index is -0.448. The lowest BCUT2D eigenvalue weighted by Crippen LogP contribution is -2.28. The Morgan fingerprint density at radius 3 is 2.79 bits per heavy atom. The first-order valence-electron chi connectivity index (χ1n) is 5.60. The van der Waals surface area contributed by atoms with Gasteiger partial charge in [-0.1, -0.05) is 0 Å². The van der Waals surface area contributed by atoms with Crippen LogP contribution < -0.4 is 4.90 Å². The van der Waals surface area contributed by atoms with Crippen LogP contribution in [-0.4, -0.2) is 27.7 Å². The van der Waals surface area contributed by atoms with E-state index < -0.39 is 6.09 Å². The van der Waals surface area contributed by atoms with Crippen LogP contribution in [0, 0.1) is 0 Å². The summed E-state index contributed by atoms with van der Waals surface area (Å²) < 4.78 is 5.09. The van der Waals surface area contributed by atoms with E-state index in [0.717, 1.165) is 5.56 Å². The Hall–Kier alpha value is -2.21. The van der Waals surface area contributed by atoms with Gasteiger partial charge in [-0.2, -0.15) is 0 Å². The molecule has 3 heterocycles. The fourth-order valence-electron chi connectivity index (χ4n) is 1.97. The van der Waals surface area contributed by atoms with Crippen LogP contribution in [0.1, 0.15) is 11.6 Å². The van der Waals surface area contributed by atoms with Crippen LogP contribution in [0.5, 0.6) is 0 Å². The second-order valence-corrected chi connectivity index (χ2v) is 4.27. The second kappa shape index (κ2) is 4.81. The van der Waals surface area contributed by atoms with E-state index in [1.807, 2.05) is 12.1 Å². The van der Waals surface area contributed by atoms with E-state index in [1.165, 1.54) is 11.1 Å². The summed E-state index contributed by atoms with van der Waals surface area (Å²) in [5.41, 5.74) is 0.926. The van der Waals surface area contributed by atoms with Gasteiger partial charge in [0.15, 0.2) is 0 Å². The summed E-state index contributed by atoms with van der Waals surface area (Å²) in [6, 6.07) is 5.05. The minimum Gasteiger partial charge on any atom is -0.447 e. The highest BCUT2D eigenvalue weighted by atomic mass is 35.5. The molecule has 6 nitrogen and oxygen atoms in total. The van der Waals surface area contributed by atoms with Crippen molar-refractivity contribution in [3.63, 3.8) is 0 Å². The van der Waals surface area contributed by atoms with E-state index in [-0.39, 0.29) is 17.9 Å². The molecular formula is C12H9ClN4O2. The number of carbonyl (C=O) groups excluding carboxylic acids is 1. The Balaban J connectivity index is 2.00. The predicted molar refractivity (Wildman–Crippen MR) is 67.8 cm³/mol. The molecule has 2 aromatic rings. The van der Waals surface area contributed by atoms with Crippen LogP contribution in [0.3, 0.4) is 0 Å². The summed E-state index contributed by atoms with van der Waals surface area (Å²) in [4.78, 5) is 25.1. The van der Waals surface area contributed by atoms with Gasteiger partial charge in [-0.15, -0.1) is 0 Å². The van der Waals surface area contributed by atoms with Crippen LogP contribution in [0.2, 0.25) is 5.28 Å². The molecule has 19 heavy (non-hydrogen) atoms. The topological polar surface area (TPSA) is 68.2 Å². The summed E-state index contributed by atoms with van der Waals surface area (Å²) >= 11 is 5.75. The Kier molecular flexibility index (Phi) is 3.00. The van der Waals surface area contributed by atoms with Gasteiger partial charge in [0.1, 0.15) is 18.5 Å². The molecule has 7 heteroatoms. The minimum absolute atomic E-state index is 0.0886. The Morgan fingerprint density at radius 2 is 2.05 bits per heavy atom. The largest absolute Gasteiger partial charge is 0.447 e. The van der Waals surface area contributed by atoms with Gasteiger partial charge in [0.05, 0.1) is 0 Å². The summed E-state index contributed by atoms with van der Waals surface area (Å²) in [7, 11) is 0. The molecule has 2 aromatic heterocycles. The first kappa shape index (κ1) is 11.9. The summed E-state index contributed by atoms with van der Waals surface area (Å²) in [6.07, 6.45) is 4.39. The van der Waals surface area contributed by atoms with Crippen LogP contribution >= 0.6 is 11.6 Å². The highest BCUT2D eigenvalue weighted by Crippen LogP contribution is 2.31. The van der Waals surface area contributed by atoms with E-state index in [9.17, 15) is 4.79 Å². The Bertz CT molecular complexity index is 608. The zero-order chi connectivity index (χ0) is 13.2. The SMILES string of the molecule is O=C1OCC(c2ccncc2)N1c1ccnc(Cl)n1. The first-order chi connectivity index (χ1) is 9.25. The molecule has 1 fully saturated rings. The number of aromatic nitrogens is 3. The van der Waals surface area contributed by atoms with Crippen LogP contribution in [0.15, 0.2) is 36.8 Å². The zero-order valence-corrected chi connectivity index (χ0v) is 10.5. The van der Waals surface area contributed by atoms with Crippen molar-refractivity contribution in [2.75, 3.05) is 11.5 Å². The van der Waals surface area contributed by atoms with Crippen LogP contribution in [-0.2, 0) is 4.74 Å². The normalized spacial score (nSPS) is 18.5. The molecule has 3 rings (SSSR count). The van der Waals surface area contributed by atoms with Gasteiger partial charge in [-0.3, -0.25) is 9.88 Å². The third-order valence-electron chi connectivity index (χ3n) is 2.82. The molecule has 0 bridgehead atoms. The first-order valence-corrected chi connectivity index (χ1v) is 5.98. The lowest BCUT2D eigenvalue weighted by molar-refractivity contribution is 0.179. The summed E-state index contributed by atoms with van der Waals surface area (Å²) in [5, 5.41) is 0.0886. The Morgan fingerprint density at radius 1 is 1.26 bits per heavy atom.